The molecule has 0 saturated heterocycles. The summed E-state index contributed by atoms with van der Waals surface area (Å²) >= 11 is 1.35. The van der Waals surface area contributed by atoms with Crippen molar-refractivity contribution in [3.05, 3.63) is 23.3 Å². The molecule has 3 N–H and O–H groups in total. The second-order valence-electron chi connectivity index (χ2n) is 5.84. The van der Waals surface area contributed by atoms with Crippen LogP contribution in [0.4, 0.5) is 5.13 Å². The third-order valence-electron chi connectivity index (χ3n) is 3.59. The molecule has 0 aliphatic heterocycles. The molecule has 3 rings (SSSR count). The molecule has 0 bridgehead atoms. The molecule has 1 aliphatic rings. The first-order chi connectivity index (χ1) is 11.6. The Labute approximate surface area is 143 Å². The number of anilines is 1. The molecule has 1 fully saturated rings. The largest absolute Gasteiger partial charge is 0.458 e. The van der Waals surface area contributed by atoms with E-state index in [0.717, 1.165) is 12.5 Å². The van der Waals surface area contributed by atoms with Gasteiger partial charge in [0.2, 0.25) is 11.8 Å². The van der Waals surface area contributed by atoms with E-state index in [2.05, 4.69) is 20.9 Å². The van der Waals surface area contributed by atoms with Gasteiger partial charge in [0.25, 0.3) is 0 Å². The number of nitrogens with one attached hydrogen (secondary N) is 3. The molecule has 1 saturated carbocycles. The summed E-state index contributed by atoms with van der Waals surface area (Å²) in [6, 6.07) is 3.60. The smallest absolute Gasteiger partial charge is 0.240 e. The topological polar surface area (TPSA) is 96.3 Å². The fourth-order valence-electron chi connectivity index (χ4n) is 2.14. The van der Waals surface area contributed by atoms with Crippen LogP contribution in [-0.4, -0.2) is 29.9 Å². The van der Waals surface area contributed by atoms with E-state index in [-0.39, 0.29) is 11.8 Å². The minimum Gasteiger partial charge on any atom is -0.458 e. The van der Waals surface area contributed by atoms with Crippen molar-refractivity contribution in [2.45, 2.75) is 26.3 Å². The predicted octanol–water partition coefficient (Wildman–Crippen LogP) is 1.98. The van der Waals surface area contributed by atoms with Crippen molar-refractivity contribution in [3.63, 3.8) is 0 Å². The molecule has 0 radical (unpaired) electrons. The Morgan fingerprint density at radius 1 is 1.38 bits per heavy atom. The van der Waals surface area contributed by atoms with E-state index in [1.165, 1.54) is 31.1 Å². The van der Waals surface area contributed by atoms with Gasteiger partial charge in [-0.15, -0.1) is 11.3 Å². The van der Waals surface area contributed by atoms with Crippen molar-refractivity contribution in [3.8, 4) is 11.5 Å². The maximum atomic E-state index is 11.8. The zero-order valence-corrected chi connectivity index (χ0v) is 14.2. The molecule has 1 aliphatic carbocycles. The highest BCUT2D eigenvalue weighted by Gasteiger charge is 2.20. The van der Waals surface area contributed by atoms with E-state index in [1.807, 2.05) is 5.38 Å². The van der Waals surface area contributed by atoms with Crippen LogP contribution in [0.25, 0.3) is 11.5 Å². The second-order valence-corrected chi connectivity index (χ2v) is 6.69. The zero-order valence-electron chi connectivity index (χ0n) is 13.4. The summed E-state index contributed by atoms with van der Waals surface area (Å²) in [6.45, 7) is 3.00. The van der Waals surface area contributed by atoms with Crippen molar-refractivity contribution in [1.29, 1.82) is 0 Å². The number of aromatic nitrogens is 1. The highest BCUT2D eigenvalue weighted by Crippen LogP contribution is 2.28. The number of nitrogens with zero attached hydrogens (tertiary/aromatic N) is 1. The lowest BCUT2D eigenvalue weighted by molar-refractivity contribution is -0.119. The molecule has 128 valence electrons. The Balaban J connectivity index is 1.50. The first kappa shape index (κ1) is 16.7. The second kappa shape index (κ2) is 7.59. The van der Waals surface area contributed by atoms with E-state index < -0.39 is 0 Å². The molecule has 2 aromatic rings. The average Bonchev–Trinajstić information content (AvgIpc) is 3.06. The van der Waals surface area contributed by atoms with E-state index in [1.54, 1.807) is 12.1 Å². The molecule has 2 aromatic heterocycles. The van der Waals surface area contributed by atoms with Crippen LogP contribution in [0.15, 0.2) is 21.9 Å². The minimum atomic E-state index is -0.109. The molecule has 2 heterocycles. The molecular formula is C16H20N4O3S. The van der Waals surface area contributed by atoms with Crippen molar-refractivity contribution in [2.75, 3.05) is 18.4 Å². The van der Waals surface area contributed by atoms with Gasteiger partial charge in [0.1, 0.15) is 11.5 Å². The molecule has 8 heteroatoms. The van der Waals surface area contributed by atoms with Gasteiger partial charge in [-0.25, -0.2) is 4.98 Å². The summed E-state index contributed by atoms with van der Waals surface area (Å²) < 4.78 is 5.64. The van der Waals surface area contributed by atoms with Crippen LogP contribution < -0.4 is 16.0 Å². The number of rotatable bonds is 8. The quantitative estimate of drug-likeness (QED) is 0.678. The summed E-state index contributed by atoms with van der Waals surface area (Å²) in [7, 11) is 0. The molecule has 0 atom stereocenters. The zero-order chi connectivity index (χ0) is 16.9. The number of carbonyl (C=O) groups is 2. The van der Waals surface area contributed by atoms with Gasteiger partial charge in [-0.05, 0) is 37.4 Å². The van der Waals surface area contributed by atoms with Gasteiger partial charge in [0.15, 0.2) is 10.9 Å². The molecule has 7 nitrogen and oxygen atoms in total. The van der Waals surface area contributed by atoms with Crippen LogP contribution in [0.3, 0.4) is 0 Å². The Bertz CT molecular complexity index is 720. The van der Waals surface area contributed by atoms with Crippen LogP contribution in [-0.2, 0) is 16.1 Å². The maximum absolute atomic E-state index is 11.8. The number of carbonyl (C=O) groups excluding carboxylic acids is 2. The van der Waals surface area contributed by atoms with E-state index in [9.17, 15) is 9.59 Å². The Morgan fingerprint density at radius 3 is 2.96 bits per heavy atom. The highest BCUT2D eigenvalue weighted by molar-refractivity contribution is 7.14. The highest BCUT2D eigenvalue weighted by atomic mass is 32.1. The van der Waals surface area contributed by atoms with Gasteiger partial charge in [0.05, 0.1) is 13.1 Å². The average molecular weight is 348 g/mol. The number of hydrogen-bond donors (Lipinski definition) is 3. The number of amides is 2. The van der Waals surface area contributed by atoms with Crippen LogP contribution in [0.5, 0.6) is 0 Å². The normalized spacial score (nSPS) is 13.7. The van der Waals surface area contributed by atoms with Crippen LogP contribution >= 0.6 is 11.3 Å². The van der Waals surface area contributed by atoms with Gasteiger partial charge in [-0.3, -0.25) is 9.59 Å². The maximum Gasteiger partial charge on any atom is 0.240 e. The lowest BCUT2D eigenvalue weighted by Crippen LogP contribution is -2.29. The standard InChI is InChI=1S/C16H20N4O3S/c1-10(21)18-7-12-4-5-14(23-12)13-9-24-16(19-13)20-15(22)8-17-6-11-2-3-11/h4-5,9,11,17H,2-3,6-8H2,1H3,(H,18,21)(H,19,20,22). The van der Waals surface area contributed by atoms with E-state index in [0.29, 0.717) is 35.4 Å². The Morgan fingerprint density at radius 2 is 2.21 bits per heavy atom. The lowest BCUT2D eigenvalue weighted by Gasteiger charge is -2.03. The Kier molecular flexibility index (Phi) is 5.27. The monoisotopic (exact) mass is 348 g/mol. The summed E-state index contributed by atoms with van der Waals surface area (Å²) in [5.41, 5.74) is 0.662. The molecule has 0 unspecified atom stereocenters. The van der Waals surface area contributed by atoms with Gasteiger partial charge in [-0.1, -0.05) is 0 Å². The summed E-state index contributed by atoms with van der Waals surface area (Å²) in [5, 5.41) is 11.0. The van der Waals surface area contributed by atoms with Crippen molar-refractivity contribution in [1.82, 2.24) is 15.6 Å². The minimum absolute atomic E-state index is 0.0951. The predicted molar refractivity (Wildman–Crippen MR) is 91.6 cm³/mol. The Hall–Kier alpha value is -2.19. The molecule has 24 heavy (non-hydrogen) atoms. The number of thiazole rings is 1. The third-order valence-corrected chi connectivity index (χ3v) is 4.35. The first-order valence-electron chi connectivity index (χ1n) is 7.90. The summed E-state index contributed by atoms with van der Waals surface area (Å²) in [4.78, 5) is 27.1. The van der Waals surface area contributed by atoms with E-state index >= 15 is 0 Å². The molecule has 0 aromatic carbocycles. The lowest BCUT2D eigenvalue weighted by atomic mass is 10.3. The fourth-order valence-corrected chi connectivity index (χ4v) is 2.86. The van der Waals surface area contributed by atoms with Gasteiger partial charge < -0.3 is 20.4 Å². The van der Waals surface area contributed by atoms with Crippen LogP contribution in [0.1, 0.15) is 25.5 Å². The van der Waals surface area contributed by atoms with Crippen LogP contribution in [0.2, 0.25) is 0 Å². The summed E-state index contributed by atoms with van der Waals surface area (Å²) in [6.07, 6.45) is 2.52. The van der Waals surface area contributed by atoms with Crippen molar-refractivity contribution in [2.24, 2.45) is 5.92 Å². The SMILES string of the molecule is CC(=O)NCc1ccc(-c2csc(NC(=O)CNCC3CC3)n2)o1. The molecule has 0 spiro atoms. The summed E-state index contributed by atoms with van der Waals surface area (Å²) in [5.74, 6) is 1.81. The van der Waals surface area contributed by atoms with Crippen LogP contribution in [0, 0.1) is 5.92 Å². The van der Waals surface area contributed by atoms with Gasteiger partial charge >= 0.3 is 0 Å². The number of hydrogen-bond acceptors (Lipinski definition) is 6. The first-order valence-corrected chi connectivity index (χ1v) is 8.78. The molecule has 2 amide bonds. The fraction of sp³-hybridized carbons (Fsp3) is 0.438. The van der Waals surface area contributed by atoms with Crippen molar-refractivity contribution < 1.29 is 14.0 Å². The van der Waals surface area contributed by atoms with E-state index in [4.69, 9.17) is 4.42 Å². The van der Waals surface area contributed by atoms with Gasteiger partial charge in [-0.2, -0.15) is 0 Å². The third kappa shape index (κ3) is 4.90. The van der Waals surface area contributed by atoms with Gasteiger partial charge in [0, 0.05) is 12.3 Å². The molecular weight excluding hydrogens is 328 g/mol. The number of furan rings is 1. The van der Waals surface area contributed by atoms with Crippen molar-refractivity contribution >= 4 is 28.3 Å².